The first kappa shape index (κ1) is 24.5. The van der Waals surface area contributed by atoms with Gasteiger partial charge >= 0.3 is 6.18 Å². The Morgan fingerprint density at radius 3 is 2.34 bits per heavy atom. The Morgan fingerprint density at radius 1 is 1.00 bits per heavy atom. The minimum atomic E-state index is -4.48. The van der Waals surface area contributed by atoms with Gasteiger partial charge in [-0.25, -0.2) is 0 Å². The lowest BCUT2D eigenvalue weighted by molar-refractivity contribution is -0.153. The second-order valence-corrected chi connectivity index (χ2v) is 9.02. The molecule has 9 heteroatoms. The monoisotopic (exact) mass is 486 g/mol. The largest absolute Gasteiger partial charge is 0.491 e. The third-order valence-corrected chi connectivity index (χ3v) is 5.32. The fraction of sp³-hybridized carbons (Fsp3) is 0.308. The molecule has 184 valence electrons. The Kier molecular flexibility index (Phi) is 6.46. The average molecular weight is 486 g/mol. The number of rotatable bonds is 7. The first-order valence-electron chi connectivity index (χ1n) is 11.0. The minimum absolute atomic E-state index is 0.0457. The Bertz CT molecular complexity index is 1230. The molecule has 0 radical (unpaired) electrons. The molecule has 1 amide bonds. The fourth-order valence-electron chi connectivity index (χ4n) is 3.79. The lowest BCUT2D eigenvalue weighted by Crippen LogP contribution is -2.27. The van der Waals surface area contributed by atoms with Gasteiger partial charge in [0.15, 0.2) is 6.61 Å². The average Bonchev–Trinajstić information content (AvgIpc) is 3.12. The predicted octanol–water partition coefficient (Wildman–Crippen LogP) is 5.31. The summed E-state index contributed by atoms with van der Waals surface area (Å²) in [5.74, 6) is 0.365. The number of carbonyl (C=O) groups excluding carboxylic acids is 1. The molecule has 0 atom stereocenters. The van der Waals surface area contributed by atoms with Crippen molar-refractivity contribution in [2.45, 2.75) is 39.1 Å². The Labute approximate surface area is 200 Å². The quantitative estimate of drug-likeness (QED) is 0.490. The molecule has 0 spiro atoms. The highest BCUT2D eigenvalue weighted by Crippen LogP contribution is 2.38. The maximum Gasteiger partial charge on any atom is 0.422 e. The molecule has 0 fully saturated rings. The maximum atomic E-state index is 13.3. The molecule has 1 aromatic heterocycles. The van der Waals surface area contributed by atoms with Crippen LogP contribution in [0.15, 0.2) is 54.6 Å². The van der Waals surface area contributed by atoms with E-state index < -0.39 is 18.4 Å². The molecule has 2 aromatic carbocycles. The Balaban J connectivity index is 1.64. The molecule has 2 heterocycles. The molecule has 0 saturated heterocycles. The van der Waals surface area contributed by atoms with Crippen molar-refractivity contribution in [2.75, 3.05) is 18.1 Å². The van der Waals surface area contributed by atoms with Crippen molar-refractivity contribution in [1.29, 1.82) is 0 Å². The van der Waals surface area contributed by atoms with Gasteiger partial charge in [-0.3, -0.25) is 9.78 Å². The van der Waals surface area contributed by atoms with Gasteiger partial charge in [-0.1, -0.05) is 12.1 Å². The molecule has 6 nitrogen and oxygen atoms in total. The molecule has 0 saturated carbocycles. The van der Waals surface area contributed by atoms with Crippen molar-refractivity contribution >= 4 is 11.6 Å². The second-order valence-electron chi connectivity index (χ2n) is 9.02. The van der Waals surface area contributed by atoms with E-state index in [4.69, 9.17) is 9.47 Å². The number of amides is 1. The summed E-state index contributed by atoms with van der Waals surface area (Å²) in [6.07, 6.45) is -4.48. The van der Waals surface area contributed by atoms with E-state index in [1.165, 1.54) is 6.07 Å². The summed E-state index contributed by atoms with van der Waals surface area (Å²) in [5.41, 5.74) is 2.08. The molecule has 4 rings (SSSR count). The van der Waals surface area contributed by atoms with Crippen LogP contribution in [0.1, 0.15) is 35.5 Å². The highest BCUT2D eigenvalue weighted by Gasteiger charge is 2.33. The van der Waals surface area contributed by atoms with Gasteiger partial charge in [0.05, 0.1) is 17.8 Å². The van der Waals surface area contributed by atoms with E-state index in [1.54, 1.807) is 74.2 Å². The summed E-state index contributed by atoms with van der Waals surface area (Å²) < 4.78 is 48.9. The number of para-hydroxylation sites is 1. The van der Waals surface area contributed by atoms with Crippen molar-refractivity contribution in [2.24, 2.45) is 0 Å². The number of pyridine rings is 1. The van der Waals surface area contributed by atoms with Crippen molar-refractivity contribution < 1.29 is 32.5 Å². The summed E-state index contributed by atoms with van der Waals surface area (Å²) in [7, 11) is 0. The molecule has 1 N–H and O–H groups in total. The zero-order valence-electron chi connectivity index (χ0n) is 19.5. The second kappa shape index (κ2) is 9.22. The smallest absolute Gasteiger partial charge is 0.422 e. The topological polar surface area (TPSA) is 71.9 Å². The molecule has 0 bridgehead atoms. The van der Waals surface area contributed by atoms with Crippen molar-refractivity contribution in [3.63, 3.8) is 0 Å². The SMILES string of the molecule is Cc1cc2c(c(-c3ccccc3OCC(F)(F)F)n1)CN(c1ccc(OCC(C)(C)O)cc1)C2=O. The number of aromatic nitrogens is 1. The van der Waals surface area contributed by atoms with Gasteiger partial charge in [0.25, 0.3) is 5.91 Å². The van der Waals surface area contributed by atoms with Crippen LogP contribution < -0.4 is 14.4 Å². The number of fused-ring (bicyclic) bond motifs is 1. The number of halogens is 3. The predicted molar refractivity (Wildman–Crippen MR) is 125 cm³/mol. The van der Waals surface area contributed by atoms with Crippen LogP contribution in [0.4, 0.5) is 18.9 Å². The van der Waals surface area contributed by atoms with Crippen LogP contribution in [0.5, 0.6) is 11.5 Å². The lowest BCUT2D eigenvalue weighted by Gasteiger charge is -2.19. The zero-order valence-corrected chi connectivity index (χ0v) is 19.5. The number of aryl methyl sites for hydroxylation is 1. The van der Waals surface area contributed by atoms with Gasteiger partial charge in [0, 0.05) is 28.1 Å². The van der Waals surface area contributed by atoms with Crippen LogP contribution in [0.25, 0.3) is 11.3 Å². The summed E-state index contributed by atoms with van der Waals surface area (Å²) >= 11 is 0. The molecule has 1 aliphatic rings. The number of carbonyl (C=O) groups is 1. The van der Waals surface area contributed by atoms with Crippen molar-refractivity contribution in [3.05, 3.63) is 71.4 Å². The summed E-state index contributed by atoms with van der Waals surface area (Å²) in [5, 5.41) is 9.83. The highest BCUT2D eigenvalue weighted by molar-refractivity contribution is 6.11. The number of alkyl halides is 3. The highest BCUT2D eigenvalue weighted by atomic mass is 19.4. The van der Waals surface area contributed by atoms with Gasteiger partial charge in [0.2, 0.25) is 0 Å². The van der Waals surface area contributed by atoms with Crippen molar-refractivity contribution in [1.82, 2.24) is 4.98 Å². The molecule has 0 unspecified atom stereocenters. The third-order valence-electron chi connectivity index (χ3n) is 5.32. The number of nitrogens with zero attached hydrogens (tertiary/aromatic N) is 2. The molecule has 35 heavy (non-hydrogen) atoms. The molecular weight excluding hydrogens is 461 g/mol. The molecule has 1 aliphatic heterocycles. The van der Waals surface area contributed by atoms with E-state index in [2.05, 4.69) is 4.98 Å². The first-order chi connectivity index (χ1) is 16.4. The van der Waals surface area contributed by atoms with Gasteiger partial charge < -0.3 is 19.5 Å². The lowest BCUT2D eigenvalue weighted by atomic mass is 10.0. The molecule has 3 aromatic rings. The normalized spacial score (nSPS) is 13.7. The molecular formula is C26H25F3N2O4. The number of benzene rings is 2. The van der Waals surface area contributed by atoms with Gasteiger partial charge in [0.1, 0.15) is 18.1 Å². The minimum Gasteiger partial charge on any atom is -0.491 e. The summed E-state index contributed by atoms with van der Waals surface area (Å²) in [6.45, 7) is 3.90. The summed E-state index contributed by atoms with van der Waals surface area (Å²) in [4.78, 5) is 19.4. The third kappa shape index (κ3) is 5.74. The number of ether oxygens (including phenoxy) is 2. The van der Waals surface area contributed by atoms with E-state index in [0.29, 0.717) is 39.5 Å². The zero-order chi connectivity index (χ0) is 25.4. The summed E-state index contributed by atoms with van der Waals surface area (Å²) in [6, 6.07) is 14.9. The van der Waals surface area contributed by atoms with E-state index >= 15 is 0 Å². The van der Waals surface area contributed by atoms with Gasteiger partial charge in [-0.2, -0.15) is 13.2 Å². The van der Waals surface area contributed by atoms with Crippen LogP contribution in [0, 0.1) is 6.92 Å². The number of hydrogen-bond acceptors (Lipinski definition) is 5. The van der Waals surface area contributed by atoms with E-state index in [-0.39, 0.29) is 24.8 Å². The number of anilines is 1. The molecule has 0 aliphatic carbocycles. The van der Waals surface area contributed by atoms with Crippen LogP contribution >= 0.6 is 0 Å². The van der Waals surface area contributed by atoms with E-state index in [9.17, 15) is 23.1 Å². The number of hydrogen-bond donors (Lipinski definition) is 1. The Morgan fingerprint density at radius 2 is 1.69 bits per heavy atom. The first-order valence-corrected chi connectivity index (χ1v) is 11.0. The van der Waals surface area contributed by atoms with Crippen LogP contribution in [-0.2, 0) is 6.54 Å². The van der Waals surface area contributed by atoms with Crippen molar-refractivity contribution in [3.8, 4) is 22.8 Å². The van der Waals surface area contributed by atoms with E-state index in [1.807, 2.05) is 0 Å². The maximum absolute atomic E-state index is 13.3. The van der Waals surface area contributed by atoms with E-state index in [0.717, 1.165) is 0 Å². The van der Waals surface area contributed by atoms with Crippen LogP contribution in [0.3, 0.4) is 0 Å². The Hall–Kier alpha value is -3.59. The van der Waals surface area contributed by atoms with Gasteiger partial charge in [-0.05, 0) is 63.2 Å². The standard InChI is InChI=1S/C26H25F3N2O4/c1-16-12-20-21(23(30-16)19-6-4-5-7-22(19)35-15-26(27,28)29)13-31(24(20)32)17-8-10-18(11-9-17)34-14-25(2,3)33/h4-12,33H,13-15H2,1-3H3. The number of aliphatic hydroxyl groups is 1. The van der Waals surface area contributed by atoms with Gasteiger partial charge in [-0.15, -0.1) is 0 Å². The van der Waals surface area contributed by atoms with Crippen LogP contribution in [0.2, 0.25) is 0 Å². The fourth-order valence-corrected chi connectivity index (χ4v) is 3.79. The van der Waals surface area contributed by atoms with Crippen LogP contribution in [-0.4, -0.2) is 41.0 Å².